The predicted molar refractivity (Wildman–Crippen MR) is 136 cm³/mol. The molecule has 168 valence electrons. The molecule has 2 aromatic carbocycles. The van der Waals surface area contributed by atoms with E-state index in [0.29, 0.717) is 5.02 Å². The summed E-state index contributed by atoms with van der Waals surface area (Å²) in [5.41, 5.74) is 1.05. The van der Waals surface area contributed by atoms with Gasteiger partial charge in [0.05, 0.1) is 17.1 Å². The van der Waals surface area contributed by atoms with E-state index in [-0.39, 0.29) is 23.6 Å². The molecule has 2 heterocycles. The topological polar surface area (TPSA) is 57.6 Å². The van der Waals surface area contributed by atoms with Crippen molar-refractivity contribution in [3.8, 4) is 9.75 Å². The van der Waals surface area contributed by atoms with Crippen LogP contribution in [0.2, 0.25) is 10.0 Å². The summed E-state index contributed by atoms with van der Waals surface area (Å²) in [6.07, 6.45) is 0.177. The number of nitrogens with zero attached hydrogens (tertiary/aromatic N) is 1. The molecule has 8 heteroatoms. The summed E-state index contributed by atoms with van der Waals surface area (Å²) < 4.78 is 0. The number of benzene rings is 2. The molecule has 0 radical (unpaired) electrons. The third kappa shape index (κ3) is 5.65. The fourth-order valence-electron chi connectivity index (χ4n) is 3.49. The smallest absolute Gasteiger partial charge is 0.326 e. The molecule has 2 aromatic heterocycles. The quantitative estimate of drug-likeness (QED) is 0.271. The third-order valence-electron chi connectivity index (χ3n) is 5.11. The Morgan fingerprint density at radius 3 is 2.39 bits per heavy atom. The first-order chi connectivity index (χ1) is 15.9. The molecule has 0 bridgehead atoms. The van der Waals surface area contributed by atoms with Gasteiger partial charge in [-0.25, -0.2) is 4.79 Å². The van der Waals surface area contributed by atoms with E-state index in [9.17, 15) is 14.7 Å². The largest absolute Gasteiger partial charge is 0.480 e. The summed E-state index contributed by atoms with van der Waals surface area (Å²) in [5.74, 6) is -1.53. The van der Waals surface area contributed by atoms with E-state index in [1.165, 1.54) is 17.0 Å². The van der Waals surface area contributed by atoms with E-state index in [4.69, 9.17) is 23.2 Å². The maximum Gasteiger partial charge on any atom is 0.326 e. The Balaban J connectivity index is 1.70. The Morgan fingerprint density at radius 1 is 0.939 bits per heavy atom. The van der Waals surface area contributed by atoms with Crippen molar-refractivity contribution in [2.24, 2.45) is 0 Å². The fourth-order valence-corrected chi connectivity index (χ4v) is 5.82. The third-order valence-corrected chi connectivity index (χ3v) is 7.79. The second-order valence-corrected chi connectivity index (χ2v) is 10.3. The van der Waals surface area contributed by atoms with Gasteiger partial charge in [0.1, 0.15) is 6.04 Å². The minimum atomic E-state index is -1.08. The van der Waals surface area contributed by atoms with Crippen LogP contribution in [0.15, 0.2) is 78.2 Å². The summed E-state index contributed by atoms with van der Waals surface area (Å²) in [4.78, 5) is 30.4. The highest BCUT2D eigenvalue weighted by Gasteiger charge is 2.32. The van der Waals surface area contributed by atoms with Gasteiger partial charge in [-0.15, -0.1) is 22.7 Å². The Hall–Kier alpha value is -2.64. The molecule has 0 aliphatic carbocycles. The molecule has 1 atom stereocenters. The molecule has 0 unspecified atom stereocenters. The second kappa shape index (κ2) is 10.5. The number of thiophene rings is 2. The number of halogens is 2. The van der Waals surface area contributed by atoms with Crippen molar-refractivity contribution in [3.05, 3.63) is 104 Å². The molecule has 0 spiro atoms. The van der Waals surface area contributed by atoms with Crippen LogP contribution in [0.1, 0.15) is 20.8 Å². The van der Waals surface area contributed by atoms with Crippen LogP contribution < -0.4 is 0 Å². The van der Waals surface area contributed by atoms with Crippen LogP contribution in [0.4, 0.5) is 0 Å². The highest BCUT2D eigenvalue weighted by molar-refractivity contribution is 7.21. The van der Waals surface area contributed by atoms with Crippen LogP contribution in [0.3, 0.4) is 0 Å². The zero-order valence-electron chi connectivity index (χ0n) is 17.3. The molecule has 33 heavy (non-hydrogen) atoms. The van der Waals surface area contributed by atoms with Gasteiger partial charge in [-0.2, -0.15) is 0 Å². The van der Waals surface area contributed by atoms with E-state index >= 15 is 0 Å². The number of carboxylic acid groups (broad SMARTS) is 1. The average Bonchev–Trinajstić information content (AvgIpc) is 3.48. The summed E-state index contributed by atoms with van der Waals surface area (Å²) in [6.45, 7) is 0.150. The van der Waals surface area contributed by atoms with Gasteiger partial charge in [0.2, 0.25) is 0 Å². The summed E-state index contributed by atoms with van der Waals surface area (Å²) >= 11 is 15.5. The van der Waals surface area contributed by atoms with Gasteiger partial charge in [-0.05, 0) is 47.3 Å². The van der Waals surface area contributed by atoms with E-state index in [2.05, 4.69) is 0 Å². The fraction of sp³-hybridized carbons (Fsp3) is 0.120. The number of hydrogen-bond acceptors (Lipinski definition) is 4. The monoisotopic (exact) mass is 515 g/mol. The lowest BCUT2D eigenvalue weighted by molar-refractivity contribution is -0.142. The van der Waals surface area contributed by atoms with Gasteiger partial charge in [-0.3, -0.25) is 4.79 Å². The van der Waals surface area contributed by atoms with Gasteiger partial charge in [0, 0.05) is 26.1 Å². The number of hydrogen-bond donors (Lipinski definition) is 1. The van der Waals surface area contributed by atoms with Gasteiger partial charge >= 0.3 is 5.97 Å². The first-order valence-electron chi connectivity index (χ1n) is 10.1. The predicted octanol–water partition coefficient (Wildman–Crippen LogP) is 7.12. The molecular weight excluding hydrogens is 497 g/mol. The number of rotatable bonds is 8. The molecule has 4 nitrogen and oxygen atoms in total. The van der Waals surface area contributed by atoms with Crippen LogP contribution in [0.25, 0.3) is 9.75 Å². The number of aliphatic carboxylic acids is 1. The van der Waals surface area contributed by atoms with Crippen LogP contribution in [0, 0.1) is 0 Å². The maximum atomic E-state index is 13.6. The standard InChI is InChI=1S/C25H19Cl2NO3S2/c26-17-8-10-19(20(27)14-17)24(29)28(21(25(30)31)13-16-5-2-1-3-6-16)15-18-9-11-23(33-18)22-7-4-12-32-22/h1-12,14,21H,13,15H2,(H,30,31)/t21-/m0/s1. The van der Waals surface area contributed by atoms with Crippen molar-refractivity contribution in [3.63, 3.8) is 0 Å². The second-order valence-electron chi connectivity index (χ2n) is 7.34. The number of carbonyl (C=O) groups is 2. The zero-order valence-corrected chi connectivity index (χ0v) is 20.4. The summed E-state index contributed by atoms with van der Waals surface area (Å²) in [6, 6.07) is 20.8. The van der Waals surface area contributed by atoms with E-state index < -0.39 is 17.9 Å². The molecule has 0 aliphatic heterocycles. The highest BCUT2D eigenvalue weighted by atomic mass is 35.5. The number of carbonyl (C=O) groups excluding carboxylic acids is 1. The Bertz CT molecular complexity index is 1260. The minimum Gasteiger partial charge on any atom is -0.480 e. The van der Waals surface area contributed by atoms with E-state index in [1.807, 2.05) is 60.0 Å². The van der Waals surface area contributed by atoms with Crippen molar-refractivity contribution in [2.75, 3.05) is 0 Å². The van der Waals surface area contributed by atoms with Crippen molar-refractivity contribution in [1.29, 1.82) is 0 Å². The molecule has 4 aromatic rings. The zero-order chi connectivity index (χ0) is 23.4. The summed E-state index contributed by atoms with van der Waals surface area (Å²) in [5, 5.41) is 12.7. The number of amides is 1. The molecule has 1 N–H and O–H groups in total. The Kier molecular flexibility index (Phi) is 7.50. The summed E-state index contributed by atoms with van der Waals surface area (Å²) in [7, 11) is 0. The normalized spacial score (nSPS) is 11.8. The average molecular weight is 516 g/mol. The van der Waals surface area contributed by atoms with Crippen LogP contribution in [0.5, 0.6) is 0 Å². The molecular formula is C25H19Cl2NO3S2. The molecule has 0 saturated heterocycles. The van der Waals surface area contributed by atoms with Gasteiger partial charge < -0.3 is 10.0 Å². The maximum absolute atomic E-state index is 13.6. The molecule has 0 aliphatic rings. The van der Waals surface area contributed by atoms with E-state index in [0.717, 1.165) is 20.2 Å². The molecule has 0 fully saturated rings. The van der Waals surface area contributed by atoms with E-state index in [1.54, 1.807) is 28.7 Å². The van der Waals surface area contributed by atoms with Crippen LogP contribution >= 0.6 is 45.9 Å². The minimum absolute atomic E-state index is 0.150. The molecule has 1 amide bonds. The van der Waals surface area contributed by atoms with Gasteiger partial charge in [-0.1, -0.05) is 59.6 Å². The van der Waals surface area contributed by atoms with Gasteiger partial charge in [0.25, 0.3) is 5.91 Å². The lowest BCUT2D eigenvalue weighted by atomic mass is 10.0. The first kappa shape index (κ1) is 23.5. The SMILES string of the molecule is O=C(O)[C@H](Cc1ccccc1)N(Cc1ccc(-c2cccs2)s1)C(=O)c1ccc(Cl)cc1Cl. The first-order valence-corrected chi connectivity index (χ1v) is 12.5. The lowest BCUT2D eigenvalue weighted by Gasteiger charge is -2.29. The van der Waals surface area contributed by atoms with Crippen molar-refractivity contribution in [1.82, 2.24) is 4.90 Å². The molecule has 0 saturated carbocycles. The highest BCUT2D eigenvalue weighted by Crippen LogP contribution is 2.33. The lowest BCUT2D eigenvalue weighted by Crippen LogP contribution is -2.46. The van der Waals surface area contributed by atoms with Gasteiger partial charge in [0.15, 0.2) is 0 Å². The number of carboxylic acids is 1. The van der Waals surface area contributed by atoms with Crippen LogP contribution in [-0.2, 0) is 17.8 Å². The Morgan fingerprint density at radius 2 is 1.73 bits per heavy atom. The van der Waals surface area contributed by atoms with Crippen LogP contribution in [-0.4, -0.2) is 27.9 Å². The molecule has 4 rings (SSSR count). The van der Waals surface area contributed by atoms with Crippen molar-refractivity contribution in [2.45, 2.75) is 19.0 Å². The van der Waals surface area contributed by atoms with Crippen molar-refractivity contribution >= 4 is 57.8 Å². The van der Waals surface area contributed by atoms with Crippen molar-refractivity contribution < 1.29 is 14.7 Å². The Labute approximate surface area is 209 Å².